The van der Waals surface area contributed by atoms with Gasteiger partial charge in [-0.25, -0.2) is 19.2 Å². The Labute approximate surface area is 270 Å². The molecule has 9 nitrogen and oxygen atoms in total. The van der Waals surface area contributed by atoms with Crippen molar-refractivity contribution in [3.63, 3.8) is 0 Å². The fourth-order valence-electron chi connectivity index (χ4n) is 4.83. The number of esters is 4. The number of thioether (sulfide) groups is 1. The lowest BCUT2D eigenvalue weighted by Crippen LogP contribution is -2.61. The Bertz CT molecular complexity index is 1600. The van der Waals surface area contributed by atoms with Gasteiger partial charge in [-0.05, 0) is 54.3 Å². The summed E-state index contributed by atoms with van der Waals surface area (Å²) in [4.78, 5) is 53.2. The van der Waals surface area contributed by atoms with E-state index in [9.17, 15) is 19.2 Å². The Balaban J connectivity index is 1.52. The monoisotopic (exact) mass is 640 g/mol. The highest BCUT2D eigenvalue weighted by molar-refractivity contribution is 7.99. The summed E-state index contributed by atoms with van der Waals surface area (Å²) in [5, 5.41) is 0. The molecule has 0 aromatic heterocycles. The maximum Gasteiger partial charge on any atom is 0.338 e. The van der Waals surface area contributed by atoms with Gasteiger partial charge in [0, 0.05) is 0 Å². The van der Waals surface area contributed by atoms with Crippen LogP contribution in [-0.4, -0.2) is 66.1 Å². The summed E-state index contributed by atoms with van der Waals surface area (Å²) in [6.45, 7) is 1.54. The zero-order chi connectivity index (χ0) is 32.3. The number of hydrogen-bond acceptors (Lipinski definition) is 10. The van der Waals surface area contributed by atoms with Crippen LogP contribution >= 0.6 is 11.8 Å². The van der Waals surface area contributed by atoms with Gasteiger partial charge in [0.05, 0.1) is 22.3 Å². The SMILES string of the molecule is CCS[C@H]1O[C@H](COC(=O)c2ccccc2)[C@@H](OC(=O)c2ccccc2)[C@H](OC(=O)c2ccccc2)[C@@H]1OC(=O)c1ccccc1. The van der Waals surface area contributed by atoms with Gasteiger partial charge in [0.1, 0.15) is 18.1 Å². The van der Waals surface area contributed by atoms with Crippen molar-refractivity contribution in [3.05, 3.63) is 144 Å². The van der Waals surface area contributed by atoms with Crippen molar-refractivity contribution in [2.24, 2.45) is 0 Å². The van der Waals surface area contributed by atoms with Crippen LogP contribution in [0.1, 0.15) is 48.4 Å². The lowest BCUT2D eigenvalue weighted by atomic mass is 9.98. The quantitative estimate of drug-likeness (QED) is 0.143. The normalized spacial score (nSPS) is 20.6. The Morgan fingerprint density at radius 1 is 0.543 bits per heavy atom. The van der Waals surface area contributed by atoms with Crippen LogP contribution in [0.4, 0.5) is 0 Å². The summed E-state index contributed by atoms with van der Waals surface area (Å²) in [5.74, 6) is -2.22. The molecule has 0 amide bonds. The topological polar surface area (TPSA) is 114 Å². The summed E-state index contributed by atoms with van der Waals surface area (Å²) in [6, 6.07) is 33.3. The van der Waals surface area contributed by atoms with Gasteiger partial charge in [0.15, 0.2) is 18.3 Å². The molecular weight excluding hydrogens is 608 g/mol. The van der Waals surface area contributed by atoms with Crippen LogP contribution in [0.5, 0.6) is 0 Å². The molecule has 1 aliphatic rings. The number of carbonyl (C=O) groups excluding carboxylic acids is 4. The van der Waals surface area contributed by atoms with Crippen molar-refractivity contribution in [2.45, 2.75) is 36.8 Å². The molecule has 0 spiro atoms. The van der Waals surface area contributed by atoms with E-state index in [1.54, 1.807) is 121 Å². The number of hydrogen-bond donors (Lipinski definition) is 0. The highest BCUT2D eigenvalue weighted by atomic mass is 32.2. The first-order valence-electron chi connectivity index (χ1n) is 14.7. The third-order valence-electron chi connectivity index (χ3n) is 7.07. The molecule has 236 valence electrons. The lowest BCUT2D eigenvalue weighted by molar-refractivity contribution is -0.207. The van der Waals surface area contributed by atoms with Gasteiger partial charge >= 0.3 is 23.9 Å². The molecule has 0 saturated carbocycles. The maximum atomic E-state index is 13.5. The van der Waals surface area contributed by atoms with Crippen molar-refractivity contribution in [1.29, 1.82) is 0 Å². The molecule has 5 atom stereocenters. The van der Waals surface area contributed by atoms with Crippen LogP contribution in [0.2, 0.25) is 0 Å². The second-order valence-corrected chi connectivity index (χ2v) is 11.5. The van der Waals surface area contributed by atoms with Crippen molar-refractivity contribution in [3.8, 4) is 0 Å². The Morgan fingerprint density at radius 3 is 1.33 bits per heavy atom. The predicted molar refractivity (Wildman–Crippen MR) is 170 cm³/mol. The van der Waals surface area contributed by atoms with Gasteiger partial charge in [-0.3, -0.25) is 0 Å². The number of ether oxygens (including phenoxy) is 5. The fourth-order valence-corrected chi connectivity index (χ4v) is 5.78. The smallest absolute Gasteiger partial charge is 0.338 e. The average Bonchev–Trinajstić information content (AvgIpc) is 3.11. The van der Waals surface area contributed by atoms with E-state index in [0.717, 1.165) is 0 Å². The highest BCUT2D eigenvalue weighted by Gasteiger charge is 2.53. The molecule has 0 radical (unpaired) electrons. The summed E-state index contributed by atoms with van der Waals surface area (Å²) < 4.78 is 30.0. The summed E-state index contributed by atoms with van der Waals surface area (Å²) in [7, 11) is 0. The molecule has 0 unspecified atom stereocenters. The molecule has 1 heterocycles. The average molecular weight is 641 g/mol. The van der Waals surface area contributed by atoms with Crippen LogP contribution in [0, 0.1) is 0 Å². The lowest BCUT2D eigenvalue weighted by Gasteiger charge is -2.44. The fraction of sp³-hybridized carbons (Fsp3) is 0.222. The van der Waals surface area contributed by atoms with Gasteiger partial charge in [-0.15, -0.1) is 11.8 Å². The van der Waals surface area contributed by atoms with Crippen LogP contribution in [-0.2, 0) is 23.7 Å². The number of carbonyl (C=O) groups is 4. The third kappa shape index (κ3) is 8.21. The third-order valence-corrected chi connectivity index (χ3v) is 8.11. The largest absolute Gasteiger partial charge is 0.459 e. The molecular formula is C36H32O9S. The van der Waals surface area contributed by atoms with Gasteiger partial charge < -0.3 is 23.7 Å². The van der Waals surface area contributed by atoms with Gasteiger partial charge in [-0.2, -0.15) is 0 Å². The van der Waals surface area contributed by atoms with E-state index in [0.29, 0.717) is 11.3 Å². The van der Waals surface area contributed by atoms with Crippen LogP contribution in [0.3, 0.4) is 0 Å². The molecule has 1 aliphatic heterocycles. The molecule has 1 fully saturated rings. The number of benzene rings is 4. The molecule has 4 aromatic carbocycles. The maximum absolute atomic E-state index is 13.5. The summed E-state index contributed by atoms with van der Waals surface area (Å²) in [5.41, 5.74) is 0.184. The highest BCUT2D eigenvalue weighted by Crippen LogP contribution is 2.35. The van der Waals surface area contributed by atoms with Crippen LogP contribution < -0.4 is 0 Å². The van der Waals surface area contributed by atoms with Crippen molar-refractivity contribution in [1.82, 2.24) is 0 Å². The molecule has 1 saturated heterocycles. The zero-order valence-electron chi connectivity index (χ0n) is 24.9. The molecule has 0 bridgehead atoms. The first kappa shape index (κ1) is 32.5. The van der Waals surface area contributed by atoms with E-state index in [1.807, 2.05) is 6.92 Å². The first-order valence-corrected chi connectivity index (χ1v) is 15.8. The predicted octanol–water partition coefficient (Wildman–Crippen LogP) is 6.00. The Kier molecular flexibility index (Phi) is 11.2. The Morgan fingerprint density at radius 2 is 0.913 bits per heavy atom. The van der Waals surface area contributed by atoms with E-state index in [2.05, 4.69) is 0 Å². The minimum Gasteiger partial charge on any atom is -0.459 e. The van der Waals surface area contributed by atoms with Gasteiger partial charge in [-0.1, -0.05) is 79.7 Å². The Hall–Kier alpha value is -4.93. The van der Waals surface area contributed by atoms with Crippen molar-refractivity contribution >= 4 is 35.6 Å². The van der Waals surface area contributed by atoms with Gasteiger partial charge in [0.2, 0.25) is 0 Å². The first-order chi connectivity index (χ1) is 22.4. The van der Waals surface area contributed by atoms with Crippen LogP contribution in [0.25, 0.3) is 0 Å². The second kappa shape index (κ2) is 15.9. The molecule has 46 heavy (non-hydrogen) atoms. The van der Waals surface area contributed by atoms with E-state index < -0.39 is 53.7 Å². The van der Waals surface area contributed by atoms with Crippen molar-refractivity contribution < 1.29 is 42.9 Å². The van der Waals surface area contributed by atoms with E-state index >= 15 is 0 Å². The molecule has 0 N–H and O–H groups in total. The van der Waals surface area contributed by atoms with E-state index in [-0.39, 0.29) is 23.3 Å². The number of rotatable bonds is 11. The van der Waals surface area contributed by atoms with Gasteiger partial charge in [0.25, 0.3) is 0 Å². The molecule has 0 aliphatic carbocycles. The minimum atomic E-state index is -1.34. The molecule has 5 rings (SSSR count). The minimum absolute atomic E-state index is 0.235. The standard InChI is InChI=1S/C36H32O9S/c1-2-46-36-31(45-35(40)27-21-13-6-14-22-27)30(44-34(39)26-19-11-5-12-20-26)29(43-33(38)25-17-9-4-10-18-25)28(42-36)23-41-32(37)24-15-7-3-8-16-24/h3-22,28-31,36H,2,23H2,1H3/t28-,29-,30+,31+,36-/m1/s1. The summed E-state index contributed by atoms with van der Waals surface area (Å²) >= 11 is 1.30. The second-order valence-electron chi connectivity index (χ2n) is 10.2. The van der Waals surface area contributed by atoms with E-state index in [1.165, 1.54) is 11.8 Å². The van der Waals surface area contributed by atoms with Crippen LogP contribution in [0.15, 0.2) is 121 Å². The van der Waals surface area contributed by atoms with E-state index in [4.69, 9.17) is 23.7 Å². The summed E-state index contributed by atoms with van der Waals surface area (Å²) in [6.07, 6.45) is -4.98. The zero-order valence-corrected chi connectivity index (χ0v) is 25.7. The molecule has 10 heteroatoms. The molecule has 4 aromatic rings. The van der Waals surface area contributed by atoms with Crippen molar-refractivity contribution in [2.75, 3.05) is 12.4 Å².